The molecule has 0 amide bonds. The van der Waals surface area contributed by atoms with Crippen molar-refractivity contribution >= 4 is 21.4 Å². The van der Waals surface area contributed by atoms with Crippen LogP contribution in [0, 0.1) is 11.7 Å². The van der Waals surface area contributed by atoms with Gasteiger partial charge >= 0.3 is 0 Å². The van der Waals surface area contributed by atoms with Crippen molar-refractivity contribution in [1.29, 1.82) is 0 Å². The molecule has 0 saturated carbocycles. The van der Waals surface area contributed by atoms with E-state index in [1.807, 2.05) is 6.07 Å². The van der Waals surface area contributed by atoms with Crippen molar-refractivity contribution in [2.24, 2.45) is 5.92 Å². The molecule has 1 aromatic heterocycles. The van der Waals surface area contributed by atoms with Crippen LogP contribution in [-0.2, 0) is 13.0 Å². The molecule has 1 heterocycles. The van der Waals surface area contributed by atoms with Gasteiger partial charge in [-0.2, -0.15) is 0 Å². The molecule has 0 saturated heterocycles. The average Bonchev–Trinajstić information content (AvgIpc) is 2.69. The number of thiophene rings is 1. The van der Waals surface area contributed by atoms with E-state index in [2.05, 4.69) is 32.2 Å². The number of rotatable bonds is 6. The van der Waals surface area contributed by atoms with Crippen LogP contribution >= 0.6 is 11.3 Å². The lowest BCUT2D eigenvalue weighted by molar-refractivity contribution is 0.634. The summed E-state index contributed by atoms with van der Waals surface area (Å²) in [7, 11) is 0. The maximum absolute atomic E-state index is 13.9. The molecule has 104 valence electrons. The van der Waals surface area contributed by atoms with E-state index in [1.165, 1.54) is 10.4 Å². The van der Waals surface area contributed by atoms with E-state index in [0.717, 1.165) is 36.0 Å². The third-order valence-corrected chi connectivity index (χ3v) is 4.43. The van der Waals surface area contributed by atoms with E-state index < -0.39 is 0 Å². The van der Waals surface area contributed by atoms with Crippen LogP contribution in [0.1, 0.15) is 37.6 Å². The monoisotopic (exact) mass is 279 g/mol. The summed E-state index contributed by atoms with van der Waals surface area (Å²) in [5, 5.41) is 4.54. The summed E-state index contributed by atoms with van der Waals surface area (Å²) in [5.41, 5.74) is 1.33. The highest BCUT2D eigenvalue weighted by Crippen LogP contribution is 2.34. The number of hydrogen-bond donors (Lipinski definition) is 1. The van der Waals surface area contributed by atoms with Gasteiger partial charge in [-0.3, -0.25) is 0 Å². The Bertz CT molecular complexity index is 545. The van der Waals surface area contributed by atoms with Crippen molar-refractivity contribution in [2.75, 3.05) is 6.54 Å². The first-order valence-corrected chi connectivity index (χ1v) is 7.84. The molecule has 2 aromatic rings. The minimum absolute atomic E-state index is 0.0887. The van der Waals surface area contributed by atoms with E-state index in [9.17, 15) is 4.39 Å². The van der Waals surface area contributed by atoms with Crippen molar-refractivity contribution in [1.82, 2.24) is 5.32 Å². The van der Waals surface area contributed by atoms with E-state index in [1.54, 1.807) is 17.4 Å². The van der Waals surface area contributed by atoms with Gasteiger partial charge in [0.2, 0.25) is 0 Å². The highest BCUT2D eigenvalue weighted by atomic mass is 32.1. The minimum Gasteiger partial charge on any atom is -0.312 e. The molecule has 2 rings (SSSR count). The van der Waals surface area contributed by atoms with Gasteiger partial charge in [-0.25, -0.2) is 4.39 Å². The SMILES string of the molecule is CCCNCc1sc2c(F)cccc2c1CC(C)C. The van der Waals surface area contributed by atoms with Crippen LogP contribution in [0.2, 0.25) is 0 Å². The molecule has 0 aliphatic carbocycles. The molecule has 1 aromatic carbocycles. The first-order valence-electron chi connectivity index (χ1n) is 7.03. The first kappa shape index (κ1) is 14.5. The second kappa shape index (κ2) is 6.49. The van der Waals surface area contributed by atoms with Gasteiger partial charge in [-0.1, -0.05) is 32.9 Å². The van der Waals surface area contributed by atoms with E-state index in [-0.39, 0.29) is 5.82 Å². The van der Waals surface area contributed by atoms with Crippen molar-refractivity contribution in [3.8, 4) is 0 Å². The van der Waals surface area contributed by atoms with Gasteiger partial charge in [-0.05, 0) is 42.3 Å². The van der Waals surface area contributed by atoms with Crippen molar-refractivity contribution in [3.05, 3.63) is 34.5 Å². The fourth-order valence-corrected chi connectivity index (χ4v) is 3.54. The Morgan fingerprint density at radius 3 is 2.79 bits per heavy atom. The number of nitrogens with one attached hydrogen (secondary N) is 1. The molecule has 0 spiro atoms. The molecule has 1 N–H and O–H groups in total. The lowest BCUT2D eigenvalue weighted by atomic mass is 10.00. The normalized spacial score (nSPS) is 11.6. The Hall–Kier alpha value is -0.930. The van der Waals surface area contributed by atoms with Gasteiger partial charge in [0.1, 0.15) is 5.82 Å². The molecule has 3 heteroatoms. The van der Waals surface area contributed by atoms with Crippen molar-refractivity contribution in [2.45, 2.75) is 40.2 Å². The summed E-state index contributed by atoms with van der Waals surface area (Å²) in [6, 6.07) is 5.43. The number of benzene rings is 1. The maximum atomic E-state index is 13.9. The lowest BCUT2D eigenvalue weighted by Crippen LogP contribution is -2.14. The summed E-state index contributed by atoms with van der Waals surface area (Å²) in [6.45, 7) is 8.46. The van der Waals surface area contributed by atoms with Crippen LogP contribution < -0.4 is 5.32 Å². The van der Waals surface area contributed by atoms with Crippen LogP contribution in [0.25, 0.3) is 10.1 Å². The van der Waals surface area contributed by atoms with Crippen LogP contribution in [0.5, 0.6) is 0 Å². The lowest BCUT2D eigenvalue weighted by Gasteiger charge is -2.08. The fourth-order valence-electron chi connectivity index (χ4n) is 2.34. The highest BCUT2D eigenvalue weighted by Gasteiger charge is 2.15. The van der Waals surface area contributed by atoms with E-state index in [0.29, 0.717) is 5.92 Å². The number of hydrogen-bond acceptors (Lipinski definition) is 2. The Labute approximate surface area is 118 Å². The van der Waals surface area contributed by atoms with Gasteiger partial charge in [0.15, 0.2) is 0 Å². The van der Waals surface area contributed by atoms with Crippen LogP contribution in [-0.4, -0.2) is 6.54 Å². The molecule has 0 radical (unpaired) electrons. The second-order valence-electron chi connectivity index (χ2n) is 5.40. The fraction of sp³-hybridized carbons (Fsp3) is 0.500. The average molecular weight is 279 g/mol. The largest absolute Gasteiger partial charge is 0.312 e. The Morgan fingerprint density at radius 2 is 2.11 bits per heavy atom. The van der Waals surface area contributed by atoms with Crippen LogP contribution in [0.15, 0.2) is 18.2 Å². The third-order valence-electron chi connectivity index (χ3n) is 3.18. The highest BCUT2D eigenvalue weighted by molar-refractivity contribution is 7.19. The summed E-state index contributed by atoms with van der Waals surface area (Å²) in [4.78, 5) is 1.29. The summed E-state index contributed by atoms with van der Waals surface area (Å²) in [5.74, 6) is 0.500. The molecular weight excluding hydrogens is 257 g/mol. The van der Waals surface area contributed by atoms with Gasteiger partial charge in [-0.15, -0.1) is 11.3 Å². The minimum atomic E-state index is -0.0887. The van der Waals surface area contributed by atoms with Gasteiger partial charge in [0.05, 0.1) is 4.70 Å². The molecule has 0 fully saturated rings. The maximum Gasteiger partial charge on any atom is 0.141 e. The number of halogens is 1. The Morgan fingerprint density at radius 1 is 1.32 bits per heavy atom. The Balaban J connectivity index is 2.39. The standard InChI is InChI=1S/C16H22FNS/c1-4-8-18-10-15-13(9-11(2)3)12-6-5-7-14(17)16(12)19-15/h5-7,11,18H,4,8-10H2,1-3H3. The van der Waals surface area contributed by atoms with E-state index >= 15 is 0 Å². The van der Waals surface area contributed by atoms with Crippen LogP contribution in [0.3, 0.4) is 0 Å². The van der Waals surface area contributed by atoms with Crippen molar-refractivity contribution < 1.29 is 4.39 Å². The third kappa shape index (κ3) is 3.34. The zero-order valence-electron chi connectivity index (χ0n) is 11.9. The Kier molecular flexibility index (Phi) is 4.94. The summed E-state index contributed by atoms with van der Waals surface area (Å²) in [6.07, 6.45) is 2.14. The van der Waals surface area contributed by atoms with Gasteiger partial charge < -0.3 is 5.32 Å². The first-order chi connectivity index (χ1) is 9.13. The molecule has 0 aliphatic rings. The van der Waals surface area contributed by atoms with Crippen LogP contribution in [0.4, 0.5) is 4.39 Å². The smallest absolute Gasteiger partial charge is 0.141 e. The van der Waals surface area contributed by atoms with E-state index in [4.69, 9.17) is 0 Å². The molecule has 19 heavy (non-hydrogen) atoms. The topological polar surface area (TPSA) is 12.0 Å². The molecule has 1 nitrogen and oxygen atoms in total. The van der Waals surface area contributed by atoms with Gasteiger partial charge in [0.25, 0.3) is 0 Å². The molecule has 0 atom stereocenters. The summed E-state index contributed by atoms with van der Waals surface area (Å²) >= 11 is 1.61. The summed E-state index contributed by atoms with van der Waals surface area (Å²) < 4.78 is 14.7. The quantitative estimate of drug-likeness (QED) is 0.753. The second-order valence-corrected chi connectivity index (χ2v) is 6.50. The predicted molar refractivity (Wildman–Crippen MR) is 82.3 cm³/mol. The number of fused-ring (bicyclic) bond motifs is 1. The van der Waals surface area contributed by atoms with Gasteiger partial charge in [0, 0.05) is 11.4 Å². The molecule has 0 bridgehead atoms. The van der Waals surface area contributed by atoms with Crippen molar-refractivity contribution in [3.63, 3.8) is 0 Å². The zero-order chi connectivity index (χ0) is 13.8. The molecular formula is C16H22FNS. The zero-order valence-corrected chi connectivity index (χ0v) is 12.7. The molecule has 0 aliphatic heterocycles. The predicted octanol–water partition coefficient (Wildman–Crippen LogP) is 4.74. The molecule has 0 unspecified atom stereocenters.